The van der Waals surface area contributed by atoms with Gasteiger partial charge in [-0.3, -0.25) is 19.1 Å². The number of nitrogens with two attached hydrogens (primary N) is 1. The number of H-pyrrole nitrogens is 1. The molecule has 1 saturated heterocycles. The third-order valence-electron chi connectivity index (χ3n) is 6.89. The number of anilines is 1. The molecule has 1 aliphatic heterocycles. The molecule has 14 nitrogen and oxygen atoms in total. The number of fused-ring (bicyclic) bond motifs is 2. The lowest BCUT2D eigenvalue weighted by molar-refractivity contribution is -0.149. The maximum absolute atomic E-state index is 12.7. The number of aromatic amines is 1. The highest BCUT2D eigenvalue weighted by molar-refractivity contribution is 8.09. The summed E-state index contributed by atoms with van der Waals surface area (Å²) in [7, 11) is 0. The SMILES string of the molecule is CC(C)OC(=O)C(C)NP(=S)(OC[C@H]1O[C@@H](n2cnc3c(=O)[nH]c(N)nc32)[C@](C)(O)[C@@H]1O)Oc1cccc2ccccc12. The number of nitrogens with zero attached hydrogens (tertiary/aromatic N) is 3. The number of benzene rings is 2. The Bertz CT molecular complexity index is 1760. The first-order chi connectivity index (χ1) is 20.3. The average molecular weight is 633 g/mol. The van der Waals surface area contributed by atoms with Gasteiger partial charge in [-0.25, -0.2) is 10.1 Å². The van der Waals surface area contributed by atoms with E-state index in [1.807, 2.05) is 30.3 Å². The predicted molar refractivity (Wildman–Crippen MR) is 162 cm³/mol. The molecule has 0 amide bonds. The van der Waals surface area contributed by atoms with Gasteiger partial charge in [-0.1, -0.05) is 36.4 Å². The first kappa shape index (κ1) is 31.0. The van der Waals surface area contributed by atoms with Crippen LogP contribution in [0, 0.1) is 0 Å². The molecule has 0 spiro atoms. The number of rotatable bonds is 10. The quantitative estimate of drug-likeness (QED) is 0.126. The van der Waals surface area contributed by atoms with Crippen LogP contribution in [0.3, 0.4) is 0 Å². The van der Waals surface area contributed by atoms with E-state index in [-0.39, 0.29) is 29.8 Å². The summed E-state index contributed by atoms with van der Waals surface area (Å²) in [5.74, 6) is -0.280. The minimum absolute atomic E-state index is 0.0201. The summed E-state index contributed by atoms with van der Waals surface area (Å²) >= 11 is 5.86. The summed E-state index contributed by atoms with van der Waals surface area (Å²) in [6, 6.07) is 12.1. The highest BCUT2D eigenvalue weighted by Crippen LogP contribution is 2.49. The lowest BCUT2D eigenvalue weighted by Crippen LogP contribution is -2.44. The van der Waals surface area contributed by atoms with E-state index in [2.05, 4.69) is 20.0 Å². The number of ether oxygens (including phenoxy) is 2. The van der Waals surface area contributed by atoms with Crippen LogP contribution in [0.15, 0.2) is 53.6 Å². The lowest BCUT2D eigenvalue weighted by Gasteiger charge is -2.29. The third-order valence-corrected chi connectivity index (χ3v) is 9.38. The van der Waals surface area contributed by atoms with Crippen molar-refractivity contribution < 1.29 is 33.5 Å². The van der Waals surface area contributed by atoms with Crippen LogP contribution in [-0.2, 0) is 30.6 Å². The van der Waals surface area contributed by atoms with Gasteiger partial charge in [0.05, 0.1) is 19.0 Å². The van der Waals surface area contributed by atoms with E-state index in [4.69, 9.17) is 36.1 Å². The molecule has 5 rings (SSSR count). The van der Waals surface area contributed by atoms with Crippen molar-refractivity contribution in [3.8, 4) is 5.75 Å². The Labute approximate surface area is 251 Å². The van der Waals surface area contributed by atoms with Crippen LogP contribution in [0.5, 0.6) is 5.75 Å². The van der Waals surface area contributed by atoms with Crippen molar-refractivity contribution in [2.75, 3.05) is 12.3 Å². The van der Waals surface area contributed by atoms with Crippen molar-refractivity contribution in [1.82, 2.24) is 24.6 Å². The minimum Gasteiger partial charge on any atom is -0.462 e. The minimum atomic E-state index is -3.54. The lowest BCUT2D eigenvalue weighted by atomic mass is 9.96. The number of nitrogen functional groups attached to an aromatic ring is 1. The van der Waals surface area contributed by atoms with Crippen molar-refractivity contribution >= 4 is 52.3 Å². The van der Waals surface area contributed by atoms with E-state index in [1.54, 1.807) is 32.9 Å². The third kappa shape index (κ3) is 6.29. The second-order valence-corrected chi connectivity index (χ2v) is 13.8. The summed E-state index contributed by atoms with van der Waals surface area (Å²) in [6.07, 6.45) is -2.90. The van der Waals surface area contributed by atoms with Crippen molar-refractivity contribution in [2.45, 2.75) is 63.9 Å². The van der Waals surface area contributed by atoms with Crippen molar-refractivity contribution in [3.63, 3.8) is 0 Å². The zero-order valence-corrected chi connectivity index (χ0v) is 25.5. The highest BCUT2D eigenvalue weighted by atomic mass is 32.5. The van der Waals surface area contributed by atoms with Crippen LogP contribution < -0.4 is 20.9 Å². The molecule has 6 N–H and O–H groups in total. The number of hydrogen-bond acceptors (Lipinski definition) is 12. The van der Waals surface area contributed by atoms with Crippen molar-refractivity contribution in [2.24, 2.45) is 0 Å². The number of hydrogen-bond donors (Lipinski definition) is 5. The Balaban J connectivity index is 1.42. The largest absolute Gasteiger partial charge is 0.462 e. The summed E-state index contributed by atoms with van der Waals surface area (Å²) in [6.45, 7) is 2.54. The zero-order valence-electron chi connectivity index (χ0n) is 23.8. The Morgan fingerprint density at radius 3 is 2.74 bits per heavy atom. The molecule has 6 atom stereocenters. The first-order valence-corrected chi connectivity index (χ1v) is 16.1. The molecule has 0 aliphatic carbocycles. The number of carbonyl (C=O) groups is 1. The number of imidazole rings is 1. The zero-order chi connectivity index (χ0) is 31.1. The van der Waals surface area contributed by atoms with E-state index < -0.39 is 48.2 Å². The van der Waals surface area contributed by atoms with Gasteiger partial charge >= 0.3 is 12.6 Å². The smallest absolute Gasteiger partial charge is 0.323 e. The molecule has 3 heterocycles. The molecule has 16 heteroatoms. The van der Waals surface area contributed by atoms with E-state index in [9.17, 15) is 19.8 Å². The van der Waals surface area contributed by atoms with Gasteiger partial charge in [-0.15, -0.1) is 0 Å². The fourth-order valence-electron chi connectivity index (χ4n) is 4.78. The summed E-state index contributed by atoms with van der Waals surface area (Å²) in [5.41, 5.74) is 3.31. The monoisotopic (exact) mass is 632 g/mol. The van der Waals surface area contributed by atoms with Gasteiger partial charge < -0.3 is 34.5 Å². The molecule has 4 aromatic rings. The Morgan fingerprint density at radius 2 is 2.00 bits per heavy atom. The molecule has 1 fully saturated rings. The van der Waals surface area contributed by atoms with Crippen LogP contribution in [0.4, 0.5) is 5.95 Å². The second-order valence-electron chi connectivity index (χ2n) is 10.7. The standard InChI is InChI=1S/C27H33N6O8PS/c1-14(2)39-24(36)15(3)32-42(43,41-18-11-7-9-16-8-5-6-10-17(16)18)38-12-19-21(34)27(4,37)25(40-19)33-13-29-20-22(33)30-26(28)31-23(20)35/h5-11,13-15,19,21,25,34,37H,12H2,1-4H3,(H,32,43)(H3,28,30,31,35)/t15?,19-,21-,25-,27-,42?/m1/s1. The van der Waals surface area contributed by atoms with Crippen molar-refractivity contribution in [3.05, 3.63) is 59.1 Å². The normalized spacial score (nSPS) is 24.3. The fourth-order valence-corrected chi connectivity index (χ4v) is 7.20. The number of aromatic nitrogens is 4. The average Bonchev–Trinajstić information content (AvgIpc) is 3.45. The molecule has 1 aliphatic rings. The van der Waals surface area contributed by atoms with E-state index >= 15 is 0 Å². The second kappa shape index (κ2) is 11.9. The van der Waals surface area contributed by atoms with E-state index in [0.29, 0.717) is 5.75 Å². The Morgan fingerprint density at radius 1 is 1.28 bits per heavy atom. The van der Waals surface area contributed by atoms with Crippen LogP contribution in [0.2, 0.25) is 0 Å². The number of aliphatic hydroxyl groups excluding tert-OH is 1. The van der Waals surface area contributed by atoms with Gasteiger partial charge in [0.25, 0.3) is 5.56 Å². The molecule has 0 saturated carbocycles. The molecule has 0 radical (unpaired) electrons. The molecule has 2 aromatic carbocycles. The Hall–Kier alpha value is -3.43. The van der Waals surface area contributed by atoms with Crippen LogP contribution in [0.1, 0.15) is 33.9 Å². The number of carbonyl (C=O) groups excluding carboxylic acids is 1. The summed E-state index contributed by atoms with van der Waals surface area (Å²) in [5, 5.41) is 27.1. The summed E-state index contributed by atoms with van der Waals surface area (Å²) in [4.78, 5) is 35.5. The van der Waals surface area contributed by atoms with Gasteiger partial charge in [0.15, 0.2) is 17.4 Å². The highest BCUT2D eigenvalue weighted by Gasteiger charge is 2.54. The molecule has 43 heavy (non-hydrogen) atoms. The van der Waals surface area contributed by atoms with Gasteiger partial charge in [0.1, 0.15) is 29.6 Å². The molecule has 230 valence electrons. The molecule has 2 aromatic heterocycles. The van der Waals surface area contributed by atoms with Gasteiger partial charge in [-0.05, 0) is 51.0 Å². The fraction of sp³-hybridized carbons (Fsp3) is 0.407. The topological polar surface area (TPSA) is 196 Å². The number of aliphatic hydroxyl groups is 2. The summed E-state index contributed by atoms with van der Waals surface area (Å²) < 4.78 is 25.1. The van der Waals surface area contributed by atoms with Crippen LogP contribution >= 0.6 is 6.64 Å². The maximum atomic E-state index is 12.7. The molecule has 2 unspecified atom stereocenters. The molecular weight excluding hydrogens is 599 g/mol. The van der Waals surface area contributed by atoms with Gasteiger partial charge in [-0.2, -0.15) is 4.98 Å². The maximum Gasteiger partial charge on any atom is 0.323 e. The van der Waals surface area contributed by atoms with Crippen molar-refractivity contribution in [1.29, 1.82) is 0 Å². The predicted octanol–water partition coefficient (Wildman–Crippen LogP) is 2.11. The first-order valence-electron chi connectivity index (χ1n) is 13.5. The Kier molecular flexibility index (Phi) is 8.60. The number of nitrogens with one attached hydrogen (secondary N) is 2. The van der Waals surface area contributed by atoms with Crippen LogP contribution in [-0.4, -0.2) is 72.3 Å². The molecular formula is C27H33N6O8PS. The van der Waals surface area contributed by atoms with Gasteiger partial charge in [0, 0.05) is 5.39 Å². The van der Waals surface area contributed by atoms with E-state index in [0.717, 1.165) is 10.8 Å². The van der Waals surface area contributed by atoms with E-state index in [1.165, 1.54) is 17.8 Å². The van der Waals surface area contributed by atoms with Crippen LogP contribution in [0.25, 0.3) is 21.9 Å². The number of esters is 1. The van der Waals surface area contributed by atoms with Gasteiger partial charge in [0.2, 0.25) is 5.95 Å². The molecule has 0 bridgehead atoms.